The van der Waals surface area contributed by atoms with Crippen molar-refractivity contribution in [2.45, 2.75) is 30.7 Å². The molecule has 2 heterocycles. The molecule has 0 aliphatic carbocycles. The predicted molar refractivity (Wildman–Crippen MR) is 130 cm³/mol. The van der Waals surface area contributed by atoms with Crippen molar-refractivity contribution in [2.24, 2.45) is 0 Å². The normalized spacial score (nSPS) is 15.7. The second-order valence-electron chi connectivity index (χ2n) is 8.70. The van der Waals surface area contributed by atoms with Crippen molar-refractivity contribution in [2.75, 3.05) is 18.6 Å². The van der Waals surface area contributed by atoms with Crippen LogP contribution in [-0.2, 0) is 31.5 Å². The number of furan rings is 1. The molecule has 1 aliphatic heterocycles. The number of para-hydroxylation sites is 1. The van der Waals surface area contributed by atoms with Gasteiger partial charge >= 0.3 is 5.97 Å². The smallest absolute Gasteiger partial charge is 0.338 e. The molecule has 0 atom stereocenters. The van der Waals surface area contributed by atoms with Crippen LogP contribution in [0, 0.1) is 0 Å². The van der Waals surface area contributed by atoms with Gasteiger partial charge in [-0.3, -0.25) is 4.79 Å². The molecule has 4 rings (SSSR count). The average molecular weight is 495 g/mol. The molecule has 1 N–H and O–H groups in total. The van der Waals surface area contributed by atoms with Crippen molar-refractivity contribution in [1.82, 2.24) is 4.72 Å². The highest BCUT2D eigenvalue weighted by molar-refractivity contribution is 7.89. The summed E-state index contributed by atoms with van der Waals surface area (Å²) in [4.78, 5) is 27.0. The number of allylic oxidation sites excluding steroid dienone is 1. The monoisotopic (exact) mass is 494 g/mol. The number of nitrogens with one attached hydrogen (secondary N) is 1. The van der Waals surface area contributed by atoms with Gasteiger partial charge in [-0.05, 0) is 48.0 Å². The SMILES string of the molecule is CN1/C(=C\C(=O)COC(=O)c2ccc(S(=O)(=O)NCc3ccco3)cc2)C(C)(C)c2ccccc21. The first-order valence-electron chi connectivity index (χ1n) is 11.0. The van der Waals surface area contributed by atoms with E-state index in [1.165, 1.54) is 36.6 Å². The molecule has 0 amide bonds. The van der Waals surface area contributed by atoms with Crippen molar-refractivity contribution in [1.29, 1.82) is 0 Å². The van der Waals surface area contributed by atoms with Crippen molar-refractivity contribution in [3.05, 3.63) is 95.6 Å². The summed E-state index contributed by atoms with van der Waals surface area (Å²) in [6.07, 6.45) is 2.96. The van der Waals surface area contributed by atoms with E-state index in [-0.39, 0.29) is 28.2 Å². The molecule has 1 aliphatic rings. The number of sulfonamides is 1. The maximum absolute atomic E-state index is 12.6. The third-order valence-electron chi connectivity index (χ3n) is 6.00. The lowest BCUT2D eigenvalue weighted by atomic mass is 9.83. The molecule has 0 radical (unpaired) electrons. The Morgan fingerprint density at radius 2 is 1.77 bits per heavy atom. The summed E-state index contributed by atoms with van der Waals surface area (Å²) >= 11 is 0. The summed E-state index contributed by atoms with van der Waals surface area (Å²) in [5, 5.41) is 0. The molecule has 0 saturated carbocycles. The van der Waals surface area contributed by atoms with E-state index in [0.29, 0.717) is 5.76 Å². The molecule has 35 heavy (non-hydrogen) atoms. The lowest BCUT2D eigenvalue weighted by molar-refractivity contribution is -0.117. The Balaban J connectivity index is 1.37. The maximum atomic E-state index is 12.6. The predicted octanol–water partition coefficient (Wildman–Crippen LogP) is 3.80. The summed E-state index contributed by atoms with van der Waals surface area (Å²) in [6, 6.07) is 16.6. The second-order valence-corrected chi connectivity index (χ2v) is 10.5. The molecule has 8 nitrogen and oxygen atoms in total. The van der Waals surface area contributed by atoms with Crippen LogP contribution in [0.15, 0.2) is 88.0 Å². The first-order chi connectivity index (χ1) is 16.6. The van der Waals surface area contributed by atoms with Crippen molar-refractivity contribution in [3.8, 4) is 0 Å². The van der Waals surface area contributed by atoms with Gasteiger partial charge < -0.3 is 14.1 Å². The van der Waals surface area contributed by atoms with Gasteiger partial charge in [-0.1, -0.05) is 32.0 Å². The number of nitrogens with zero attached hydrogens (tertiary/aromatic N) is 1. The van der Waals surface area contributed by atoms with E-state index < -0.39 is 22.6 Å². The maximum Gasteiger partial charge on any atom is 0.338 e. The number of rotatable bonds is 8. The van der Waals surface area contributed by atoms with Gasteiger partial charge in [0.1, 0.15) is 5.76 Å². The number of fused-ring (bicyclic) bond motifs is 1. The first-order valence-corrected chi connectivity index (χ1v) is 12.5. The van der Waals surface area contributed by atoms with Crippen LogP contribution in [0.3, 0.4) is 0 Å². The first kappa shape index (κ1) is 24.4. The van der Waals surface area contributed by atoms with Crippen LogP contribution in [-0.4, -0.2) is 33.8 Å². The number of hydrogen-bond donors (Lipinski definition) is 1. The zero-order chi connectivity index (χ0) is 25.2. The van der Waals surface area contributed by atoms with Crippen LogP contribution < -0.4 is 9.62 Å². The number of likely N-dealkylation sites (N-methyl/N-ethyl adjacent to an activating group) is 1. The second kappa shape index (κ2) is 9.52. The number of hydrogen-bond acceptors (Lipinski definition) is 7. The number of ether oxygens (including phenoxy) is 1. The van der Waals surface area contributed by atoms with Crippen LogP contribution in [0.4, 0.5) is 5.69 Å². The molecule has 2 aromatic carbocycles. The lowest BCUT2D eigenvalue weighted by Gasteiger charge is -2.23. The fraction of sp³-hybridized carbons (Fsp3) is 0.231. The van der Waals surface area contributed by atoms with E-state index in [9.17, 15) is 18.0 Å². The zero-order valence-corrected chi connectivity index (χ0v) is 20.5. The highest BCUT2D eigenvalue weighted by Crippen LogP contribution is 2.46. The van der Waals surface area contributed by atoms with Gasteiger partial charge in [-0.15, -0.1) is 0 Å². The fourth-order valence-corrected chi connectivity index (χ4v) is 5.10. The molecular formula is C26H26N2O6S. The van der Waals surface area contributed by atoms with Gasteiger partial charge in [0, 0.05) is 29.9 Å². The Kier molecular flexibility index (Phi) is 6.64. The molecule has 0 fully saturated rings. The third kappa shape index (κ3) is 5.06. The van der Waals surface area contributed by atoms with E-state index >= 15 is 0 Å². The Bertz CT molecular complexity index is 1370. The molecule has 1 aromatic heterocycles. The molecule has 9 heteroatoms. The van der Waals surface area contributed by atoms with Gasteiger partial charge in [0.15, 0.2) is 12.4 Å². The lowest BCUT2D eigenvalue weighted by Crippen LogP contribution is -2.25. The average Bonchev–Trinajstić information content (AvgIpc) is 3.43. The summed E-state index contributed by atoms with van der Waals surface area (Å²) in [5.41, 5.74) is 2.74. The highest BCUT2D eigenvalue weighted by Gasteiger charge is 2.38. The minimum Gasteiger partial charge on any atom is -0.468 e. The Hall–Kier alpha value is -3.69. The number of esters is 1. The van der Waals surface area contributed by atoms with Crippen LogP contribution in [0.25, 0.3) is 0 Å². The van der Waals surface area contributed by atoms with E-state index in [1.54, 1.807) is 12.1 Å². The largest absolute Gasteiger partial charge is 0.468 e. The van der Waals surface area contributed by atoms with Crippen molar-refractivity contribution < 1.29 is 27.2 Å². The van der Waals surface area contributed by atoms with Crippen LogP contribution in [0.5, 0.6) is 0 Å². The third-order valence-corrected chi connectivity index (χ3v) is 7.42. The molecule has 182 valence electrons. The van der Waals surface area contributed by atoms with Gasteiger partial charge in [-0.2, -0.15) is 0 Å². The van der Waals surface area contributed by atoms with Gasteiger partial charge in [0.25, 0.3) is 0 Å². The molecule has 0 spiro atoms. The number of carbonyl (C=O) groups is 2. The summed E-state index contributed by atoms with van der Waals surface area (Å²) in [7, 11) is -1.89. The summed E-state index contributed by atoms with van der Waals surface area (Å²) in [6.45, 7) is 3.67. The quantitative estimate of drug-likeness (QED) is 0.375. The Morgan fingerprint density at radius 1 is 1.06 bits per heavy atom. The van der Waals surface area contributed by atoms with Crippen LogP contribution in [0.1, 0.15) is 35.5 Å². The molecule has 3 aromatic rings. The summed E-state index contributed by atoms with van der Waals surface area (Å²) < 4.78 is 37.6. The van der Waals surface area contributed by atoms with E-state index in [4.69, 9.17) is 9.15 Å². The van der Waals surface area contributed by atoms with Crippen molar-refractivity contribution >= 4 is 27.5 Å². The van der Waals surface area contributed by atoms with Gasteiger partial charge in [0.2, 0.25) is 10.0 Å². The minimum atomic E-state index is -3.79. The van der Waals surface area contributed by atoms with E-state index in [2.05, 4.69) is 4.72 Å². The minimum absolute atomic E-state index is 0.00696. The zero-order valence-electron chi connectivity index (χ0n) is 19.6. The number of ketones is 1. The fourth-order valence-electron chi connectivity index (χ4n) is 4.11. The van der Waals surface area contributed by atoms with Gasteiger partial charge in [0.05, 0.1) is 23.3 Å². The highest BCUT2D eigenvalue weighted by atomic mass is 32.2. The molecule has 0 bridgehead atoms. The van der Waals surface area contributed by atoms with E-state index in [0.717, 1.165) is 16.9 Å². The molecule has 0 saturated heterocycles. The van der Waals surface area contributed by atoms with Crippen LogP contribution >= 0.6 is 0 Å². The van der Waals surface area contributed by atoms with Gasteiger partial charge in [-0.25, -0.2) is 17.9 Å². The molecule has 0 unspecified atom stereocenters. The summed E-state index contributed by atoms with van der Waals surface area (Å²) in [5.74, 6) is -0.585. The molecular weight excluding hydrogens is 468 g/mol. The topological polar surface area (TPSA) is 106 Å². The Morgan fingerprint density at radius 3 is 2.43 bits per heavy atom. The van der Waals surface area contributed by atoms with E-state index in [1.807, 2.05) is 50.1 Å². The Labute approximate surface area is 204 Å². The number of anilines is 1. The number of benzene rings is 2. The standard InChI is InChI=1S/C26H26N2O6S/c1-26(2)22-8-4-5-9-23(22)28(3)24(26)15-19(29)17-34-25(30)18-10-12-21(13-11-18)35(31,32)27-16-20-7-6-14-33-20/h4-15,27H,16-17H2,1-3H3/b24-15-. The van der Waals surface area contributed by atoms with Crippen molar-refractivity contribution in [3.63, 3.8) is 0 Å². The van der Waals surface area contributed by atoms with Crippen LogP contribution in [0.2, 0.25) is 0 Å². The number of carbonyl (C=O) groups excluding carboxylic acids is 2.